The lowest BCUT2D eigenvalue weighted by atomic mass is 10.0. The van der Waals surface area contributed by atoms with Crippen molar-refractivity contribution < 1.29 is 19.8 Å². The zero-order valence-corrected chi connectivity index (χ0v) is 22.4. The minimum Gasteiger partial charge on any atom is -0.508 e. The molecule has 1 aromatic carbocycles. The van der Waals surface area contributed by atoms with Crippen molar-refractivity contribution in [1.29, 1.82) is 0 Å². The number of aliphatic carboxylic acids is 1. The summed E-state index contributed by atoms with van der Waals surface area (Å²) in [6.45, 7) is 2.24. The molecule has 0 fully saturated rings. The Morgan fingerprint density at radius 3 is 1.86 bits per heavy atom. The summed E-state index contributed by atoms with van der Waals surface area (Å²) in [4.78, 5) is 23.6. The number of carbonyl (C=O) groups is 2. The van der Waals surface area contributed by atoms with Gasteiger partial charge >= 0.3 is 5.97 Å². The van der Waals surface area contributed by atoms with Crippen molar-refractivity contribution in [2.45, 2.75) is 122 Å². The third-order valence-corrected chi connectivity index (χ3v) is 6.36. The highest BCUT2D eigenvalue weighted by Crippen LogP contribution is 2.13. The molecule has 0 radical (unpaired) electrons. The Bertz CT molecular complexity index is 754. The van der Waals surface area contributed by atoms with Crippen molar-refractivity contribution in [3.63, 3.8) is 0 Å². The summed E-state index contributed by atoms with van der Waals surface area (Å²) in [6.07, 6.45) is 27.7. The van der Waals surface area contributed by atoms with Crippen LogP contribution in [-0.4, -0.2) is 28.1 Å². The molecule has 5 nitrogen and oxygen atoms in total. The van der Waals surface area contributed by atoms with Crippen LogP contribution in [0.4, 0.5) is 0 Å². The van der Waals surface area contributed by atoms with Crippen LogP contribution in [0.5, 0.6) is 5.75 Å². The lowest BCUT2D eigenvalue weighted by molar-refractivity contribution is -0.141. The highest BCUT2D eigenvalue weighted by molar-refractivity contribution is 5.83. The molecule has 0 aliphatic heterocycles. The van der Waals surface area contributed by atoms with Crippen LogP contribution >= 0.6 is 0 Å². The van der Waals surface area contributed by atoms with E-state index < -0.39 is 12.0 Å². The highest BCUT2D eigenvalue weighted by atomic mass is 16.4. The van der Waals surface area contributed by atoms with E-state index in [1.807, 2.05) is 0 Å². The van der Waals surface area contributed by atoms with E-state index in [2.05, 4.69) is 36.5 Å². The third-order valence-electron chi connectivity index (χ3n) is 6.36. The van der Waals surface area contributed by atoms with E-state index in [1.54, 1.807) is 12.1 Å². The van der Waals surface area contributed by atoms with Crippen molar-refractivity contribution in [2.24, 2.45) is 0 Å². The quantitative estimate of drug-likeness (QED) is 0.112. The fourth-order valence-corrected chi connectivity index (χ4v) is 4.14. The van der Waals surface area contributed by atoms with Crippen molar-refractivity contribution in [2.75, 3.05) is 0 Å². The van der Waals surface area contributed by atoms with Crippen molar-refractivity contribution in [3.8, 4) is 5.75 Å². The molecule has 3 N–H and O–H groups in total. The summed E-state index contributed by atoms with van der Waals surface area (Å²) >= 11 is 0. The monoisotopic (exact) mass is 499 g/mol. The zero-order chi connectivity index (χ0) is 26.3. The Hall–Kier alpha value is -2.56. The van der Waals surface area contributed by atoms with Gasteiger partial charge in [-0.3, -0.25) is 4.79 Å². The van der Waals surface area contributed by atoms with E-state index in [9.17, 15) is 19.8 Å². The number of hydrogen-bond donors (Lipinski definition) is 3. The van der Waals surface area contributed by atoms with Crippen molar-refractivity contribution >= 4 is 11.9 Å². The van der Waals surface area contributed by atoms with E-state index in [0.29, 0.717) is 6.42 Å². The van der Waals surface area contributed by atoms with Crippen LogP contribution in [0.2, 0.25) is 0 Å². The Labute approximate surface area is 219 Å². The molecule has 1 rings (SSSR count). The van der Waals surface area contributed by atoms with Crippen LogP contribution < -0.4 is 5.32 Å². The van der Waals surface area contributed by atoms with E-state index >= 15 is 0 Å². The number of carbonyl (C=O) groups excluding carboxylic acids is 1. The van der Waals surface area contributed by atoms with Crippen LogP contribution in [0.1, 0.15) is 115 Å². The van der Waals surface area contributed by atoms with Crippen molar-refractivity contribution in [1.82, 2.24) is 5.32 Å². The topological polar surface area (TPSA) is 86.6 Å². The predicted molar refractivity (Wildman–Crippen MR) is 149 cm³/mol. The predicted octanol–water partition coefficient (Wildman–Crippen LogP) is 7.88. The van der Waals surface area contributed by atoms with Crippen LogP contribution in [-0.2, 0) is 16.0 Å². The number of allylic oxidation sites excluding steroid dienone is 4. The molecular weight excluding hydrogens is 450 g/mol. The minimum atomic E-state index is -1.04. The van der Waals surface area contributed by atoms with Crippen LogP contribution in [0.3, 0.4) is 0 Å². The number of phenolic OH excluding ortho intramolecular Hbond substituents is 1. The molecule has 0 aliphatic carbocycles. The molecule has 0 saturated carbocycles. The van der Waals surface area contributed by atoms with Gasteiger partial charge in [-0.1, -0.05) is 101 Å². The third kappa shape index (κ3) is 17.8. The van der Waals surface area contributed by atoms with Gasteiger partial charge in [0.2, 0.25) is 5.91 Å². The van der Waals surface area contributed by atoms with Crippen molar-refractivity contribution in [3.05, 3.63) is 54.1 Å². The number of nitrogens with one attached hydrogen (secondary N) is 1. The Morgan fingerprint density at radius 2 is 1.31 bits per heavy atom. The van der Waals surface area contributed by atoms with Crippen LogP contribution in [0, 0.1) is 0 Å². The minimum absolute atomic E-state index is 0.134. The fourth-order valence-electron chi connectivity index (χ4n) is 4.14. The first-order valence-electron chi connectivity index (χ1n) is 14.1. The second-order valence-electron chi connectivity index (χ2n) is 9.72. The highest BCUT2D eigenvalue weighted by Gasteiger charge is 2.20. The number of carboxylic acid groups (broad SMARTS) is 1. The van der Waals surface area contributed by atoms with Gasteiger partial charge < -0.3 is 15.5 Å². The number of benzene rings is 1. The summed E-state index contributed by atoms with van der Waals surface area (Å²) in [5.41, 5.74) is 0.762. The number of unbranched alkanes of at least 4 members (excludes halogenated alkanes) is 12. The van der Waals surface area contributed by atoms with Gasteiger partial charge in [0.05, 0.1) is 0 Å². The smallest absolute Gasteiger partial charge is 0.326 e. The molecule has 0 saturated heterocycles. The molecule has 0 unspecified atom stereocenters. The maximum atomic E-state index is 12.2. The molecule has 202 valence electrons. The largest absolute Gasteiger partial charge is 0.508 e. The second kappa shape index (κ2) is 21.7. The average Bonchev–Trinajstić information content (AvgIpc) is 2.86. The van der Waals surface area contributed by atoms with Gasteiger partial charge in [0, 0.05) is 12.8 Å². The summed E-state index contributed by atoms with van der Waals surface area (Å²) in [5, 5.41) is 21.4. The van der Waals surface area contributed by atoms with Gasteiger partial charge in [0.1, 0.15) is 11.8 Å². The molecule has 1 aromatic rings. The number of rotatable bonds is 22. The van der Waals surface area contributed by atoms with Gasteiger partial charge in [-0.15, -0.1) is 0 Å². The molecule has 1 amide bonds. The standard InChI is InChI=1S/C31H49NO4/c1-2-3-4-5-6-7-8-9-10-11-12-13-14-15-16-17-18-19-20-21-30(34)32-29(31(35)36)26-27-22-24-28(33)25-23-27/h6-7,9-10,22-25,29,33H,2-5,8,11-21,26H2,1H3,(H,32,34)(H,35,36)/b7-6-,10-9-/t29-/m0/s1. The maximum Gasteiger partial charge on any atom is 0.326 e. The van der Waals surface area contributed by atoms with Gasteiger partial charge in [-0.2, -0.15) is 0 Å². The van der Waals surface area contributed by atoms with Crippen LogP contribution in [0.25, 0.3) is 0 Å². The Balaban J connectivity index is 1.95. The van der Waals surface area contributed by atoms with E-state index in [0.717, 1.165) is 31.2 Å². The summed E-state index contributed by atoms with van der Waals surface area (Å²) < 4.78 is 0. The molecule has 36 heavy (non-hydrogen) atoms. The zero-order valence-electron chi connectivity index (χ0n) is 22.4. The lowest BCUT2D eigenvalue weighted by Crippen LogP contribution is -2.42. The summed E-state index contributed by atoms with van der Waals surface area (Å²) in [5.74, 6) is -1.12. The number of amides is 1. The van der Waals surface area contributed by atoms with Gasteiger partial charge in [0.15, 0.2) is 0 Å². The molecule has 0 bridgehead atoms. The van der Waals surface area contributed by atoms with Gasteiger partial charge in [-0.25, -0.2) is 4.79 Å². The molecule has 0 spiro atoms. The Kier molecular flexibility index (Phi) is 19.0. The summed E-state index contributed by atoms with van der Waals surface area (Å²) in [6, 6.07) is 5.43. The Morgan fingerprint density at radius 1 is 0.778 bits per heavy atom. The van der Waals surface area contributed by atoms with Gasteiger partial charge in [0.25, 0.3) is 0 Å². The fraction of sp³-hybridized carbons (Fsp3) is 0.613. The lowest BCUT2D eigenvalue weighted by Gasteiger charge is -2.14. The number of phenols is 1. The first-order chi connectivity index (χ1) is 17.5. The normalized spacial score (nSPS) is 12.4. The SMILES string of the molecule is CCCCC/C=C\C/C=C\CCCCCCCCCCCC(=O)N[C@@H](Cc1ccc(O)cc1)C(=O)O. The molecule has 1 atom stereocenters. The van der Waals surface area contributed by atoms with Crippen LogP contribution in [0.15, 0.2) is 48.6 Å². The molecule has 0 heterocycles. The number of aromatic hydroxyl groups is 1. The van der Waals surface area contributed by atoms with Gasteiger partial charge in [-0.05, 0) is 56.2 Å². The average molecular weight is 500 g/mol. The van der Waals surface area contributed by atoms with E-state index in [-0.39, 0.29) is 18.1 Å². The molecule has 0 aliphatic rings. The number of carboxylic acids is 1. The molecular formula is C31H49NO4. The van der Waals surface area contributed by atoms with E-state index in [4.69, 9.17) is 0 Å². The maximum absolute atomic E-state index is 12.2. The first kappa shape index (κ1) is 31.5. The second-order valence-corrected chi connectivity index (χ2v) is 9.72. The molecule has 5 heteroatoms. The van der Waals surface area contributed by atoms with E-state index in [1.165, 1.54) is 82.8 Å². The number of hydrogen-bond acceptors (Lipinski definition) is 3. The first-order valence-corrected chi connectivity index (χ1v) is 14.1. The summed E-state index contributed by atoms with van der Waals surface area (Å²) in [7, 11) is 0. The molecule has 0 aromatic heterocycles.